The molecule has 53 heavy (non-hydrogen) atoms. The van der Waals surface area contributed by atoms with Crippen LogP contribution >= 0.6 is 7.60 Å². The first-order valence-corrected chi connectivity index (χ1v) is 19.0. The third-order valence-electron chi connectivity index (χ3n) is 8.34. The van der Waals surface area contributed by atoms with Crippen LogP contribution in [0.2, 0.25) is 0 Å². The minimum absolute atomic E-state index is 0.0491. The minimum atomic E-state index is -4.68. The van der Waals surface area contributed by atoms with Gasteiger partial charge in [-0.15, -0.1) is 0 Å². The van der Waals surface area contributed by atoms with Gasteiger partial charge in [-0.1, -0.05) is 0 Å². The second-order valence-electron chi connectivity index (χ2n) is 12.4. The molecule has 2 unspecified atom stereocenters. The molecule has 0 aromatic carbocycles. The Labute approximate surface area is 307 Å². The van der Waals surface area contributed by atoms with Crippen LogP contribution < -0.4 is 38.1 Å². The molecule has 3 aliphatic heterocycles. The van der Waals surface area contributed by atoms with Crippen LogP contribution in [0.25, 0.3) is 0 Å². The second-order valence-corrected chi connectivity index (χ2v) is 14.1. The molecule has 3 heterocycles. The molecule has 13 N–H and O–H groups in total. The van der Waals surface area contributed by atoms with Crippen LogP contribution in [0, 0.1) is 0 Å². The molecule has 4 amide bonds. The number of hydrogen-bond acceptors (Lipinski definition) is 15. The molecule has 22 nitrogen and oxygen atoms in total. The molecule has 23 heteroatoms. The van der Waals surface area contributed by atoms with E-state index in [1.165, 1.54) is 6.92 Å². The number of carbonyl (C=O) groups is 3. The van der Waals surface area contributed by atoms with Crippen LogP contribution in [-0.4, -0.2) is 172 Å². The SMILES string of the molecule is CC(=O)N[C@H]1C([C@H](O)[C@H](O)CO)OC(P(=O)(O)OCCOCCOCCOCCOCCNC(=O)CCC[C@@H]2NC[C@@H]3NC(=O)N[C@H]23)=C[C@@H]1N=C(N)N. The summed E-state index contributed by atoms with van der Waals surface area (Å²) in [6, 6.07) is -2.18. The molecule has 0 aromatic heterocycles. The summed E-state index contributed by atoms with van der Waals surface area (Å²) in [5, 5.41) is 44.3. The van der Waals surface area contributed by atoms with Crippen LogP contribution in [0.5, 0.6) is 0 Å². The number of carbonyl (C=O) groups excluding carboxylic acids is 3. The number of guanidine groups is 1. The summed E-state index contributed by atoms with van der Waals surface area (Å²) >= 11 is 0. The smallest absolute Gasteiger partial charge is 0.392 e. The monoisotopic (exact) mass is 782 g/mol. The summed E-state index contributed by atoms with van der Waals surface area (Å²) < 4.78 is 45.3. The molecule has 0 saturated carbocycles. The molecule has 3 rings (SSSR count). The van der Waals surface area contributed by atoms with E-state index in [-0.39, 0.29) is 56.5 Å². The molecule has 304 valence electrons. The van der Waals surface area contributed by atoms with Crippen LogP contribution in [-0.2, 0) is 42.4 Å². The summed E-state index contributed by atoms with van der Waals surface area (Å²) in [6.45, 7) is 3.02. The van der Waals surface area contributed by atoms with Gasteiger partial charge in [0.15, 0.2) is 12.1 Å². The highest BCUT2D eigenvalue weighted by molar-refractivity contribution is 7.57. The summed E-state index contributed by atoms with van der Waals surface area (Å²) in [5.74, 6) is -1.05. The van der Waals surface area contributed by atoms with Crippen molar-refractivity contribution in [1.29, 1.82) is 0 Å². The quantitative estimate of drug-likeness (QED) is 0.0171. The van der Waals surface area contributed by atoms with Gasteiger partial charge in [-0.3, -0.25) is 14.2 Å². The van der Waals surface area contributed by atoms with E-state index < -0.39 is 62.0 Å². The molecule has 2 fully saturated rings. The Bertz CT molecular complexity index is 1280. The van der Waals surface area contributed by atoms with Crippen LogP contribution in [0.3, 0.4) is 0 Å². The van der Waals surface area contributed by atoms with Crippen molar-refractivity contribution in [3.05, 3.63) is 11.6 Å². The third-order valence-corrected chi connectivity index (χ3v) is 9.68. The molecule has 0 aliphatic carbocycles. The zero-order chi connectivity index (χ0) is 38.8. The number of nitrogens with one attached hydrogen (secondary N) is 5. The first kappa shape index (κ1) is 44.2. The first-order valence-electron chi connectivity index (χ1n) is 17.4. The number of hydrogen-bond donors (Lipinski definition) is 11. The summed E-state index contributed by atoms with van der Waals surface area (Å²) in [5.41, 5.74) is 10.3. The van der Waals surface area contributed by atoms with E-state index in [9.17, 15) is 39.2 Å². The van der Waals surface area contributed by atoms with Crippen molar-refractivity contribution in [2.24, 2.45) is 16.5 Å². The average Bonchev–Trinajstić information content (AvgIpc) is 3.66. The van der Waals surface area contributed by atoms with Gasteiger partial charge in [0.1, 0.15) is 12.2 Å². The number of aliphatic hydroxyl groups is 3. The fourth-order valence-corrected chi connectivity index (χ4v) is 6.88. The lowest BCUT2D eigenvalue weighted by atomic mass is 9.93. The van der Waals surface area contributed by atoms with Gasteiger partial charge in [0.05, 0.1) is 90.2 Å². The van der Waals surface area contributed by atoms with Gasteiger partial charge >= 0.3 is 13.6 Å². The van der Waals surface area contributed by atoms with E-state index in [0.29, 0.717) is 52.4 Å². The van der Waals surface area contributed by atoms with Crippen molar-refractivity contribution in [3.8, 4) is 0 Å². The van der Waals surface area contributed by atoms with Crippen LogP contribution in [0.4, 0.5) is 4.79 Å². The lowest BCUT2D eigenvalue weighted by molar-refractivity contribution is -0.125. The Morgan fingerprint density at radius 2 is 1.66 bits per heavy atom. The van der Waals surface area contributed by atoms with Gasteiger partial charge in [-0.25, -0.2) is 9.79 Å². The van der Waals surface area contributed by atoms with Crippen molar-refractivity contribution < 1.29 is 67.4 Å². The number of urea groups is 1. The summed E-state index contributed by atoms with van der Waals surface area (Å²) in [4.78, 5) is 49.8. The van der Waals surface area contributed by atoms with E-state index in [0.717, 1.165) is 19.0 Å². The third kappa shape index (κ3) is 15.3. The fraction of sp³-hybridized carbons (Fsp3) is 0.800. The van der Waals surface area contributed by atoms with Gasteiger partial charge in [0.2, 0.25) is 17.3 Å². The number of aliphatic hydroxyl groups excluding tert-OH is 3. The number of amides is 4. The topological polar surface area (TPSA) is 329 Å². The van der Waals surface area contributed by atoms with Gasteiger partial charge in [-0.05, 0) is 18.9 Å². The van der Waals surface area contributed by atoms with Crippen LogP contribution in [0.15, 0.2) is 16.6 Å². The second kappa shape index (κ2) is 22.9. The van der Waals surface area contributed by atoms with Gasteiger partial charge < -0.3 is 86.5 Å². The highest BCUT2D eigenvalue weighted by atomic mass is 31.2. The number of nitrogens with zero attached hydrogens (tertiary/aromatic N) is 1. The summed E-state index contributed by atoms with van der Waals surface area (Å²) in [6.07, 6.45) is -2.12. The molecule has 0 radical (unpaired) electrons. The van der Waals surface area contributed by atoms with Crippen molar-refractivity contribution in [2.75, 3.05) is 79.2 Å². The molecule has 3 aliphatic rings. The number of fused-ring (bicyclic) bond motifs is 1. The molecule has 0 aromatic rings. The normalized spacial score (nSPS) is 25.8. The van der Waals surface area contributed by atoms with E-state index in [1.807, 2.05) is 0 Å². The van der Waals surface area contributed by atoms with Crippen molar-refractivity contribution in [3.63, 3.8) is 0 Å². The predicted octanol–water partition coefficient (Wildman–Crippen LogP) is -4.34. The van der Waals surface area contributed by atoms with Crippen molar-refractivity contribution >= 4 is 31.4 Å². The minimum Gasteiger partial charge on any atom is -0.478 e. The number of aliphatic imine (C=N–C) groups is 1. The van der Waals surface area contributed by atoms with Gasteiger partial charge in [-0.2, -0.15) is 0 Å². The average molecular weight is 783 g/mol. The molecular formula is C30H55N8O14P. The predicted molar refractivity (Wildman–Crippen MR) is 186 cm³/mol. The molecule has 0 bridgehead atoms. The Kier molecular flexibility index (Phi) is 19.1. The number of ether oxygens (including phenoxy) is 5. The maximum atomic E-state index is 13.0. The largest absolute Gasteiger partial charge is 0.478 e. The number of rotatable bonds is 26. The fourth-order valence-electron chi connectivity index (χ4n) is 5.83. The van der Waals surface area contributed by atoms with Crippen molar-refractivity contribution in [1.82, 2.24) is 26.6 Å². The van der Waals surface area contributed by atoms with Crippen LogP contribution in [0.1, 0.15) is 26.2 Å². The Balaban J connectivity index is 1.19. The maximum absolute atomic E-state index is 13.0. The Morgan fingerprint density at radius 3 is 2.26 bits per heavy atom. The summed E-state index contributed by atoms with van der Waals surface area (Å²) in [7, 11) is -4.68. The van der Waals surface area contributed by atoms with E-state index in [4.69, 9.17) is 39.7 Å². The van der Waals surface area contributed by atoms with Crippen molar-refractivity contribution in [2.45, 2.75) is 74.7 Å². The zero-order valence-corrected chi connectivity index (χ0v) is 30.6. The highest BCUT2D eigenvalue weighted by Gasteiger charge is 2.46. The lowest BCUT2D eigenvalue weighted by Gasteiger charge is -2.39. The highest BCUT2D eigenvalue weighted by Crippen LogP contribution is 2.53. The lowest BCUT2D eigenvalue weighted by Crippen LogP contribution is -2.59. The van der Waals surface area contributed by atoms with Gasteiger partial charge in [0, 0.05) is 32.5 Å². The first-order chi connectivity index (χ1) is 25.3. The molecule has 9 atom stereocenters. The Morgan fingerprint density at radius 1 is 1.04 bits per heavy atom. The van der Waals surface area contributed by atoms with E-state index >= 15 is 0 Å². The zero-order valence-electron chi connectivity index (χ0n) is 29.7. The standard InChI is InChI=1S/C30H55N8O14P/c1-18(40)35-26-20(36-29(31)32)15-24(52-28(26)27(43)22(41)17-39)53(45,46)51-14-13-50-12-11-49-10-9-48-8-7-47-6-5-33-23(42)4-2-3-19-25-21(16-34-19)37-30(44)38-25/h15,19-22,25-28,34,39,41,43H,2-14,16-17H2,1H3,(H,33,42)(H,35,40)(H,45,46)(H4,31,32,36)(H2,37,38,44)/t19-,20-,21-,22+,25+,26+,27+,28?/m0/s1. The van der Waals surface area contributed by atoms with E-state index in [2.05, 4.69) is 31.6 Å². The molecular weight excluding hydrogens is 727 g/mol. The number of nitrogens with two attached hydrogens (primary N) is 2. The molecule has 0 spiro atoms. The molecule has 2 saturated heterocycles. The maximum Gasteiger partial charge on any atom is 0.392 e. The Hall–Kier alpha value is -3.15. The van der Waals surface area contributed by atoms with E-state index in [1.54, 1.807) is 0 Å². The van der Waals surface area contributed by atoms with Gasteiger partial charge in [0.25, 0.3) is 0 Å².